The van der Waals surface area contributed by atoms with Crippen LogP contribution >= 0.6 is 0 Å². The highest BCUT2D eigenvalue weighted by molar-refractivity contribution is 5.85. The number of rotatable bonds is 2. The Morgan fingerprint density at radius 2 is 2.06 bits per heavy atom. The molecule has 2 aliphatic rings. The van der Waals surface area contributed by atoms with Crippen molar-refractivity contribution in [1.82, 2.24) is 9.80 Å². The molecule has 90 valence electrons. The minimum absolute atomic E-state index is 0.137. The Labute approximate surface area is 102 Å². The molecule has 3 heteroatoms. The summed E-state index contributed by atoms with van der Waals surface area (Å²) in [6.45, 7) is 1.82. The molecule has 2 aliphatic heterocycles. The minimum atomic E-state index is 0.137. The second-order valence-electron chi connectivity index (χ2n) is 5.13. The first-order valence-electron chi connectivity index (χ1n) is 6.30. The van der Waals surface area contributed by atoms with Gasteiger partial charge in [0.05, 0.1) is 6.04 Å². The minimum Gasteiger partial charge on any atom is -0.334 e. The van der Waals surface area contributed by atoms with Crippen LogP contribution < -0.4 is 0 Å². The zero-order valence-electron chi connectivity index (χ0n) is 10.2. The molecule has 0 radical (unpaired) electrons. The number of amides is 1. The van der Waals surface area contributed by atoms with Gasteiger partial charge in [-0.1, -0.05) is 30.3 Å². The largest absolute Gasteiger partial charge is 0.334 e. The highest BCUT2D eigenvalue weighted by atomic mass is 16.2. The van der Waals surface area contributed by atoms with Crippen LogP contribution in [-0.4, -0.2) is 41.4 Å². The molecule has 2 bridgehead atoms. The maximum absolute atomic E-state index is 12.3. The van der Waals surface area contributed by atoms with E-state index in [0.717, 1.165) is 25.9 Å². The third-order valence-corrected chi connectivity index (χ3v) is 4.05. The van der Waals surface area contributed by atoms with Crippen LogP contribution in [0.1, 0.15) is 18.4 Å². The van der Waals surface area contributed by atoms with Crippen molar-refractivity contribution in [3.63, 3.8) is 0 Å². The number of piperidine rings is 1. The van der Waals surface area contributed by atoms with E-state index in [2.05, 4.69) is 29.0 Å². The maximum atomic E-state index is 12.3. The molecule has 0 saturated carbocycles. The number of hydrogen-bond donors (Lipinski definition) is 0. The van der Waals surface area contributed by atoms with Crippen LogP contribution in [0.15, 0.2) is 30.3 Å². The van der Waals surface area contributed by atoms with Gasteiger partial charge in [-0.15, -0.1) is 0 Å². The number of benzene rings is 1. The molecule has 0 N–H and O–H groups in total. The zero-order valence-corrected chi connectivity index (χ0v) is 10.2. The highest BCUT2D eigenvalue weighted by Crippen LogP contribution is 2.31. The van der Waals surface area contributed by atoms with Crippen molar-refractivity contribution in [3.8, 4) is 0 Å². The molecule has 2 saturated heterocycles. The molecule has 3 rings (SSSR count). The van der Waals surface area contributed by atoms with Gasteiger partial charge in [-0.2, -0.15) is 0 Å². The fraction of sp³-hybridized carbons (Fsp3) is 0.500. The van der Waals surface area contributed by atoms with E-state index in [1.54, 1.807) is 0 Å². The lowest BCUT2D eigenvalue weighted by Gasteiger charge is -2.27. The van der Waals surface area contributed by atoms with Crippen molar-refractivity contribution in [2.24, 2.45) is 0 Å². The van der Waals surface area contributed by atoms with E-state index in [-0.39, 0.29) is 6.04 Å². The van der Waals surface area contributed by atoms with Gasteiger partial charge >= 0.3 is 0 Å². The summed E-state index contributed by atoms with van der Waals surface area (Å²) in [6, 6.07) is 10.9. The molecular formula is C14H18N2O. The Hall–Kier alpha value is -1.35. The third kappa shape index (κ3) is 1.84. The van der Waals surface area contributed by atoms with Crippen LogP contribution in [0, 0.1) is 0 Å². The Morgan fingerprint density at radius 1 is 1.29 bits per heavy atom. The summed E-state index contributed by atoms with van der Waals surface area (Å²) in [7, 11) is 2.06. The van der Waals surface area contributed by atoms with E-state index in [1.165, 1.54) is 5.56 Å². The summed E-state index contributed by atoms with van der Waals surface area (Å²) in [5.41, 5.74) is 1.23. The van der Waals surface area contributed by atoms with E-state index in [0.29, 0.717) is 11.9 Å². The summed E-state index contributed by atoms with van der Waals surface area (Å²) in [5, 5.41) is 0. The van der Waals surface area contributed by atoms with Gasteiger partial charge in [-0.05, 0) is 25.5 Å². The molecule has 0 aliphatic carbocycles. The van der Waals surface area contributed by atoms with Crippen LogP contribution in [0.5, 0.6) is 0 Å². The van der Waals surface area contributed by atoms with Crippen molar-refractivity contribution in [3.05, 3.63) is 35.9 Å². The molecule has 0 aromatic heterocycles. The Morgan fingerprint density at radius 3 is 2.76 bits per heavy atom. The lowest BCUT2D eigenvalue weighted by atomic mass is 10.0. The molecule has 2 unspecified atom stereocenters. The Balaban J connectivity index is 1.78. The van der Waals surface area contributed by atoms with Gasteiger partial charge in [0, 0.05) is 19.1 Å². The molecule has 3 nitrogen and oxygen atoms in total. The monoisotopic (exact) mass is 230 g/mol. The topological polar surface area (TPSA) is 23.6 Å². The third-order valence-electron chi connectivity index (χ3n) is 4.05. The Bertz CT molecular complexity index is 417. The second-order valence-corrected chi connectivity index (χ2v) is 5.13. The average molecular weight is 230 g/mol. The SMILES string of the molecule is CN1CCC2CC1C(=O)N2Cc1ccccc1. The molecule has 17 heavy (non-hydrogen) atoms. The first kappa shape index (κ1) is 10.8. The predicted molar refractivity (Wildman–Crippen MR) is 66.4 cm³/mol. The van der Waals surface area contributed by atoms with Gasteiger partial charge in [0.15, 0.2) is 0 Å². The summed E-state index contributed by atoms with van der Waals surface area (Å²) >= 11 is 0. The van der Waals surface area contributed by atoms with Crippen molar-refractivity contribution >= 4 is 5.91 Å². The van der Waals surface area contributed by atoms with E-state index in [4.69, 9.17) is 0 Å². The fourth-order valence-corrected chi connectivity index (χ4v) is 2.99. The molecule has 2 heterocycles. The van der Waals surface area contributed by atoms with Gasteiger partial charge < -0.3 is 4.90 Å². The van der Waals surface area contributed by atoms with Gasteiger partial charge in [0.2, 0.25) is 5.91 Å². The maximum Gasteiger partial charge on any atom is 0.240 e. The smallest absolute Gasteiger partial charge is 0.240 e. The Kier molecular flexibility index (Phi) is 2.63. The molecule has 2 fully saturated rings. The number of likely N-dealkylation sites (tertiary alicyclic amines) is 2. The predicted octanol–water partition coefficient (Wildman–Crippen LogP) is 1.49. The summed E-state index contributed by atoms with van der Waals surface area (Å²) in [5.74, 6) is 0.318. The van der Waals surface area contributed by atoms with Crippen molar-refractivity contribution in [2.45, 2.75) is 31.5 Å². The first-order chi connectivity index (χ1) is 8.25. The zero-order chi connectivity index (χ0) is 11.8. The number of hydrogen-bond acceptors (Lipinski definition) is 2. The number of nitrogens with zero attached hydrogens (tertiary/aromatic N) is 2. The molecule has 1 aromatic carbocycles. The van der Waals surface area contributed by atoms with E-state index >= 15 is 0 Å². The summed E-state index contributed by atoms with van der Waals surface area (Å²) < 4.78 is 0. The summed E-state index contributed by atoms with van der Waals surface area (Å²) in [6.07, 6.45) is 2.13. The standard InChI is InChI=1S/C14H18N2O/c1-15-8-7-12-9-13(15)14(17)16(12)10-11-5-3-2-4-6-11/h2-6,12-13H,7-10H2,1H3. The first-order valence-corrected chi connectivity index (χ1v) is 6.30. The van der Waals surface area contributed by atoms with Gasteiger partial charge in [0.1, 0.15) is 0 Å². The molecule has 2 atom stereocenters. The molecule has 1 aromatic rings. The normalized spacial score (nSPS) is 28.8. The number of fused-ring (bicyclic) bond motifs is 2. The lowest BCUT2D eigenvalue weighted by Crippen LogP contribution is -2.39. The van der Waals surface area contributed by atoms with E-state index in [1.807, 2.05) is 18.2 Å². The number of carbonyl (C=O) groups excluding carboxylic acids is 1. The van der Waals surface area contributed by atoms with Gasteiger partial charge in [0.25, 0.3) is 0 Å². The highest BCUT2D eigenvalue weighted by Gasteiger charge is 2.44. The number of likely N-dealkylation sites (N-methyl/N-ethyl adjacent to an activating group) is 1. The molecular weight excluding hydrogens is 212 g/mol. The average Bonchev–Trinajstić information content (AvgIpc) is 2.61. The van der Waals surface area contributed by atoms with Crippen LogP contribution in [0.25, 0.3) is 0 Å². The van der Waals surface area contributed by atoms with Crippen LogP contribution in [0.3, 0.4) is 0 Å². The van der Waals surface area contributed by atoms with Crippen molar-refractivity contribution in [1.29, 1.82) is 0 Å². The van der Waals surface area contributed by atoms with Crippen molar-refractivity contribution < 1.29 is 4.79 Å². The second kappa shape index (κ2) is 4.15. The van der Waals surface area contributed by atoms with Gasteiger partial charge in [-0.25, -0.2) is 0 Å². The van der Waals surface area contributed by atoms with E-state index < -0.39 is 0 Å². The van der Waals surface area contributed by atoms with Crippen molar-refractivity contribution in [2.75, 3.05) is 13.6 Å². The fourth-order valence-electron chi connectivity index (χ4n) is 2.99. The van der Waals surface area contributed by atoms with Crippen LogP contribution in [0.4, 0.5) is 0 Å². The van der Waals surface area contributed by atoms with Crippen LogP contribution in [0.2, 0.25) is 0 Å². The molecule has 0 spiro atoms. The summed E-state index contributed by atoms with van der Waals surface area (Å²) in [4.78, 5) is 16.6. The quantitative estimate of drug-likeness (QED) is 0.768. The van der Waals surface area contributed by atoms with Gasteiger partial charge in [-0.3, -0.25) is 9.69 Å². The molecule has 1 amide bonds. The number of carbonyl (C=O) groups is 1. The lowest BCUT2D eigenvalue weighted by molar-refractivity contribution is -0.132. The van der Waals surface area contributed by atoms with Crippen LogP contribution in [-0.2, 0) is 11.3 Å². The van der Waals surface area contributed by atoms with E-state index in [9.17, 15) is 4.79 Å².